The lowest BCUT2D eigenvalue weighted by molar-refractivity contribution is 1.22. The van der Waals surface area contributed by atoms with Crippen LogP contribution in [0.2, 0.25) is 0 Å². The van der Waals surface area contributed by atoms with Crippen molar-refractivity contribution in [1.29, 1.82) is 0 Å². The van der Waals surface area contributed by atoms with E-state index in [1.54, 1.807) is 6.07 Å². The molecule has 0 unspecified atom stereocenters. The van der Waals surface area contributed by atoms with Crippen LogP contribution in [0.1, 0.15) is 11.3 Å². The van der Waals surface area contributed by atoms with Crippen molar-refractivity contribution in [3.8, 4) is 0 Å². The van der Waals surface area contributed by atoms with Gasteiger partial charge in [0.15, 0.2) is 0 Å². The summed E-state index contributed by atoms with van der Waals surface area (Å²) in [6.07, 6.45) is 3.74. The average molecular weight is 163 g/mol. The summed E-state index contributed by atoms with van der Waals surface area (Å²) < 4.78 is 0. The van der Waals surface area contributed by atoms with E-state index in [1.807, 2.05) is 25.1 Å². The van der Waals surface area contributed by atoms with Crippen molar-refractivity contribution >= 4 is 11.9 Å². The second-order valence-corrected chi connectivity index (χ2v) is 2.58. The molecule has 0 amide bonds. The van der Waals surface area contributed by atoms with Gasteiger partial charge in [0.05, 0.1) is 5.69 Å². The van der Waals surface area contributed by atoms with Crippen molar-refractivity contribution in [2.75, 3.05) is 12.3 Å². The first kappa shape index (κ1) is 8.74. The van der Waals surface area contributed by atoms with E-state index >= 15 is 0 Å². The maximum Gasteiger partial charge on any atom is 0.124 e. The molecule has 64 valence electrons. The van der Waals surface area contributed by atoms with Crippen molar-refractivity contribution in [2.24, 2.45) is 5.73 Å². The minimum absolute atomic E-state index is 0.524. The second-order valence-electron chi connectivity index (χ2n) is 2.58. The van der Waals surface area contributed by atoms with E-state index in [-0.39, 0.29) is 0 Å². The van der Waals surface area contributed by atoms with Crippen LogP contribution in [0.4, 0.5) is 5.82 Å². The fraction of sp³-hybridized carbons (Fsp3) is 0.222. The summed E-state index contributed by atoms with van der Waals surface area (Å²) in [5, 5.41) is 0. The van der Waals surface area contributed by atoms with E-state index in [0.29, 0.717) is 12.4 Å². The molecule has 4 N–H and O–H groups in total. The third kappa shape index (κ3) is 2.07. The highest BCUT2D eigenvalue weighted by molar-refractivity contribution is 5.51. The third-order valence-electron chi connectivity index (χ3n) is 1.57. The van der Waals surface area contributed by atoms with Crippen molar-refractivity contribution in [3.05, 3.63) is 29.5 Å². The Hall–Kier alpha value is -1.35. The zero-order valence-electron chi connectivity index (χ0n) is 7.12. The van der Waals surface area contributed by atoms with Crippen LogP contribution < -0.4 is 11.5 Å². The van der Waals surface area contributed by atoms with Crippen LogP contribution >= 0.6 is 0 Å². The molecule has 0 aromatic carbocycles. The van der Waals surface area contributed by atoms with Gasteiger partial charge in [-0.15, -0.1) is 0 Å². The number of aryl methyl sites for hydroxylation is 1. The zero-order valence-corrected chi connectivity index (χ0v) is 7.12. The van der Waals surface area contributed by atoms with Gasteiger partial charge in [-0.05, 0) is 24.6 Å². The molecule has 3 heteroatoms. The number of anilines is 1. The van der Waals surface area contributed by atoms with Crippen molar-refractivity contribution in [1.82, 2.24) is 4.98 Å². The zero-order chi connectivity index (χ0) is 8.97. The van der Waals surface area contributed by atoms with Crippen LogP contribution in [-0.4, -0.2) is 11.5 Å². The maximum absolute atomic E-state index is 5.52. The first-order chi connectivity index (χ1) is 5.74. The number of hydrogen-bond acceptors (Lipinski definition) is 3. The number of aromatic nitrogens is 1. The van der Waals surface area contributed by atoms with Crippen LogP contribution in [0.25, 0.3) is 6.08 Å². The highest BCUT2D eigenvalue weighted by atomic mass is 14.8. The molecule has 1 rings (SSSR count). The highest BCUT2D eigenvalue weighted by Gasteiger charge is 1.94. The molecular formula is C9H13N3. The molecule has 12 heavy (non-hydrogen) atoms. The Morgan fingerprint density at radius 3 is 2.92 bits per heavy atom. The Bertz CT molecular complexity index is 292. The lowest BCUT2D eigenvalue weighted by atomic mass is 10.2. The molecular weight excluding hydrogens is 150 g/mol. The van der Waals surface area contributed by atoms with E-state index in [0.717, 1.165) is 11.3 Å². The normalized spacial score (nSPS) is 10.8. The number of hydrogen-bond donors (Lipinski definition) is 2. The van der Waals surface area contributed by atoms with E-state index in [9.17, 15) is 0 Å². The Morgan fingerprint density at radius 2 is 2.25 bits per heavy atom. The number of rotatable bonds is 2. The summed E-state index contributed by atoms with van der Waals surface area (Å²) in [7, 11) is 0. The second kappa shape index (κ2) is 3.88. The molecule has 1 heterocycles. The van der Waals surface area contributed by atoms with E-state index < -0.39 is 0 Å². The quantitative estimate of drug-likeness (QED) is 0.682. The number of nitrogen functional groups attached to an aromatic ring is 1. The van der Waals surface area contributed by atoms with Gasteiger partial charge in [0, 0.05) is 6.54 Å². The molecule has 0 bridgehead atoms. The smallest absolute Gasteiger partial charge is 0.124 e. The summed E-state index contributed by atoms with van der Waals surface area (Å²) in [5.41, 5.74) is 12.8. The standard InChI is InChI=1S/C9H13N3/c1-7-4-5-9(11)12-8(7)3-2-6-10/h2-5H,6,10H2,1H3,(H2,11,12). The van der Waals surface area contributed by atoms with Crippen molar-refractivity contribution in [2.45, 2.75) is 6.92 Å². The molecule has 0 spiro atoms. The molecule has 0 saturated carbocycles. The summed E-state index contributed by atoms with van der Waals surface area (Å²) >= 11 is 0. The minimum Gasteiger partial charge on any atom is -0.384 e. The summed E-state index contributed by atoms with van der Waals surface area (Å²) in [6, 6.07) is 3.73. The summed E-state index contributed by atoms with van der Waals surface area (Å²) in [6.45, 7) is 2.51. The molecule has 0 aliphatic heterocycles. The van der Waals surface area contributed by atoms with Gasteiger partial charge in [0.2, 0.25) is 0 Å². The number of pyridine rings is 1. The molecule has 0 aliphatic rings. The van der Waals surface area contributed by atoms with Crippen LogP contribution in [0, 0.1) is 6.92 Å². The van der Waals surface area contributed by atoms with Gasteiger partial charge < -0.3 is 11.5 Å². The van der Waals surface area contributed by atoms with Crippen LogP contribution in [-0.2, 0) is 0 Å². The maximum atomic E-state index is 5.52. The Morgan fingerprint density at radius 1 is 1.50 bits per heavy atom. The van der Waals surface area contributed by atoms with Gasteiger partial charge >= 0.3 is 0 Å². The monoisotopic (exact) mass is 163 g/mol. The molecule has 3 nitrogen and oxygen atoms in total. The highest BCUT2D eigenvalue weighted by Crippen LogP contribution is 2.08. The molecule has 0 saturated heterocycles. The Kier molecular flexibility index (Phi) is 2.82. The lowest BCUT2D eigenvalue weighted by Gasteiger charge is -1.99. The molecule has 1 aromatic heterocycles. The lowest BCUT2D eigenvalue weighted by Crippen LogP contribution is -1.96. The van der Waals surface area contributed by atoms with Gasteiger partial charge in [-0.25, -0.2) is 4.98 Å². The predicted molar refractivity (Wildman–Crippen MR) is 51.5 cm³/mol. The summed E-state index contributed by atoms with van der Waals surface area (Å²) in [5.74, 6) is 0.539. The molecule has 0 atom stereocenters. The Labute approximate surface area is 72.1 Å². The minimum atomic E-state index is 0.524. The fourth-order valence-electron chi connectivity index (χ4n) is 0.909. The van der Waals surface area contributed by atoms with Crippen LogP contribution in [0.3, 0.4) is 0 Å². The van der Waals surface area contributed by atoms with Gasteiger partial charge in [-0.1, -0.05) is 12.1 Å². The SMILES string of the molecule is Cc1ccc(N)nc1C=CCN. The fourth-order valence-corrected chi connectivity index (χ4v) is 0.909. The van der Waals surface area contributed by atoms with E-state index in [2.05, 4.69) is 4.98 Å². The first-order valence-corrected chi connectivity index (χ1v) is 3.84. The van der Waals surface area contributed by atoms with Gasteiger partial charge in [0.1, 0.15) is 5.82 Å². The van der Waals surface area contributed by atoms with E-state index in [1.165, 1.54) is 0 Å². The summed E-state index contributed by atoms with van der Waals surface area (Å²) in [4.78, 5) is 4.15. The van der Waals surface area contributed by atoms with E-state index in [4.69, 9.17) is 11.5 Å². The van der Waals surface area contributed by atoms with Crippen LogP contribution in [0.5, 0.6) is 0 Å². The topological polar surface area (TPSA) is 64.9 Å². The van der Waals surface area contributed by atoms with Crippen LogP contribution in [0.15, 0.2) is 18.2 Å². The third-order valence-corrected chi connectivity index (χ3v) is 1.57. The van der Waals surface area contributed by atoms with Crippen molar-refractivity contribution in [3.63, 3.8) is 0 Å². The predicted octanol–water partition coefficient (Wildman–Crippen LogP) is 0.944. The number of nitrogens with two attached hydrogens (primary N) is 2. The first-order valence-electron chi connectivity index (χ1n) is 3.84. The molecule has 0 fully saturated rings. The van der Waals surface area contributed by atoms with Gasteiger partial charge in [0.25, 0.3) is 0 Å². The molecule has 0 aliphatic carbocycles. The average Bonchev–Trinajstić information content (AvgIpc) is 2.07. The van der Waals surface area contributed by atoms with Gasteiger partial charge in [-0.3, -0.25) is 0 Å². The molecule has 1 aromatic rings. The Balaban J connectivity index is 2.97. The van der Waals surface area contributed by atoms with Gasteiger partial charge in [-0.2, -0.15) is 0 Å². The molecule has 0 radical (unpaired) electrons. The largest absolute Gasteiger partial charge is 0.384 e. The van der Waals surface area contributed by atoms with Crippen molar-refractivity contribution < 1.29 is 0 Å². The number of nitrogens with zero attached hydrogens (tertiary/aromatic N) is 1.